The Kier molecular flexibility index (Phi) is 34.6. The second-order valence-corrected chi connectivity index (χ2v) is 44.9. The van der Waals surface area contributed by atoms with E-state index < -0.39 is 248 Å². The third-order valence-electron chi connectivity index (χ3n) is 22.9. The number of phosphoric ester groups is 1. The number of nitrogen functional groups attached to an aromatic ring is 4. The van der Waals surface area contributed by atoms with Crippen LogP contribution < -0.4 is 62.2 Å². The number of ether oxygens (including phenoxy) is 14. The third kappa shape index (κ3) is 24.9. The molecule has 6 aliphatic heterocycles. The summed E-state index contributed by atoms with van der Waals surface area (Å²) in [5.74, 6) is -0.769. The summed E-state index contributed by atoms with van der Waals surface area (Å²) in [7, 11) is -0.510. The quantitative estimate of drug-likeness (QED) is 0.0137. The Morgan fingerprint density at radius 3 is 1.30 bits per heavy atom. The first-order chi connectivity index (χ1) is 66.9. The van der Waals surface area contributed by atoms with Crippen LogP contribution in [-0.2, 0) is 163 Å². The summed E-state index contributed by atoms with van der Waals surface area (Å²) in [6, 6.07) is 0. The van der Waals surface area contributed by atoms with Crippen LogP contribution in [-0.4, -0.2) is 329 Å². The van der Waals surface area contributed by atoms with E-state index in [-0.39, 0.29) is 122 Å². The molecule has 9 aromatic rings. The maximum atomic E-state index is 15.4. The van der Waals surface area contributed by atoms with Crippen molar-refractivity contribution >= 4 is 139 Å². The van der Waals surface area contributed by atoms with Gasteiger partial charge in [-0.15, -0.1) is 0 Å². The second kappa shape index (κ2) is 45.3. The molecule has 0 aromatic carbocycles. The molecule has 18 N–H and O–H groups in total. The number of methoxy groups -OCH3 is 4. The van der Waals surface area contributed by atoms with E-state index in [2.05, 4.69) is 59.8 Å². The van der Waals surface area contributed by atoms with Crippen molar-refractivity contribution in [1.29, 1.82) is 0 Å². The van der Waals surface area contributed by atoms with Gasteiger partial charge in [-0.05, 0) is 74.9 Å². The van der Waals surface area contributed by atoms with E-state index in [1.807, 2.05) is 0 Å². The highest BCUT2D eigenvalue weighted by atomic mass is 32.5. The molecule has 6 fully saturated rings. The first-order valence-electron chi connectivity index (χ1n) is 42.6. The molecule has 0 amide bonds. The predicted octanol–water partition coefficient (Wildman–Crippen LogP) is -2.65. The number of aromatic nitrogens is 18. The number of nitrogens with two attached hydrogens (primary N) is 4. The summed E-state index contributed by atoms with van der Waals surface area (Å²) in [5, 5.41) is 11.8. The molecule has 69 heteroatoms. The van der Waals surface area contributed by atoms with Crippen molar-refractivity contribution in [3.63, 3.8) is 0 Å². The average Bonchev–Trinajstić information content (AvgIpc) is 1.61. The molecule has 9 unspecified atom stereocenters. The molecular formula is C72H101N22O38P5S4. The maximum Gasteiger partial charge on any atom is 0.472 e. The van der Waals surface area contributed by atoms with Crippen molar-refractivity contribution in [2.24, 2.45) is 0 Å². The van der Waals surface area contributed by atoms with Crippen molar-refractivity contribution in [2.45, 2.75) is 176 Å². The van der Waals surface area contributed by atoms with Gasteiger partial charge in [-0.2, -0.15) is 15.0 Å². The molecule has 9 aromatic heterocycles. The fraction of sp³-hybridized carbons (Fsp3) is 0.625. The maximum absolute atomic E-state index is 15.4. The summed E-state index contributed by atoms with van der Waals surface area (Å²) in [6.07, 6.45) is -25.3. The largest absolute Gasteiger partial charge is 0.472 e. The van der Waals surface area contributed by atoms with Crippen molar-refractivity contribution in [3.05, 3.63) is 133 Å². The highest BCUT2D eigenvalue weighted by Gasteiger charge is 2.57. The normalized spacial score (nSPS) is 29.2. The Morgan fingerprint density at radius 1 is 0.404 bits per heavy atom. The standard InChI is InChI=1S/C72H101N22O38P5S4/c1-31-19-89(70(100)82-55(31)73)65-54(116-16-12-112-8)50(132-136(107,140)119-23-38-47(95)51(113-13-9-109-5)64(124-38)90-20-32(2)60(96)87-71(90)101)41(126-65)26-121-137(108,141)131-49-39(125-66(53(49)115-15-11-111-7)91-21-33(3)61(97)88-72(91)102)24-117-133(103,104)130-48-40(127-67(52(48)114-14-10-110-6)94-30-81-46-59(94)84-69(76)86-63(46)99)25-120-135(106,139)129-36-18-43(93-29-80-45-58(93)83-68(75)85-62(45)98)123-37(36)22-118-134(105,138)128-35-17-42(122-34(35)4)92-28-79-44-56(74)77-27-78-57(44)92/h19-21,27-30,34-43,47-54,64-67,95H,9-18,22-26H2,1-8H3,(H,103,104)(H,105,138)(H,106,139)(H,107,140)(H,108,141)(H2,73,82,100)(H2,74,77,78)(H,87,96,101)(H,88,97,102)(H3,75,83,85,98)(H3,76,84,86,99)/t34-,35-,36-,37-,38-,39-,40-,41-,42-,43-,47+,48+,49+,50+,51?,52?,53?,54?,64-,65-,66-,67-,134?,135?,136?,137?/m1/s1. The fourth-order valence-corrected chi connectivity index (χ4v) is 23.0. The van der Waals surface area contributed by atoms with Crippen LogP contribution in [0.5, 0.6) is 0 Å². The van der Waals surface area contributed by atoms with Crippen LogP contribution in [0.25, 0.3) is 33.5 Å². The van der Waals surface area contributed by atoms with Gasteiger partial charge < -0.3 is 146 Å². The van der Waals surface area contributed by atoms with E-state index in [1.54, 1.807) is 11.5 Å². The van der Waals surface area contributed by atoms with Crippen LogP contribution in [0.3, 0.4) is 0 Å². The number of hydrogen-bond acceptors (Lipinski definition) is 49. The molecule has 6 aliphatic rings. The topological polar surface area (TPSA) is 779 Å². The molecule has 0 aliphatic carbocycles. The van der Waals surface area contributed by atoms with E-state index in [0.717, 1.165) is 30.8 Å². The summed E-state index contributed by atoms with van der Waals surface area (Å²) in [6.45, 7) is -19.4. The molecule has 15 heterocycles. The first-order valence-corrected chi connectivity index (χ1v) is 54.5. The first kappa shape index (κ1) is 108. The zero-order valence-electron chi connectivity index (χ0n) is 75.5. The third-order valence-corrected chi connectivity index (χ3v) is 30.1. The molecule has 15 rings (SSSR count). The predicted molar refractivity (Wildman–Crippen MR) is 495 cm³/mol. The minimum Gasteiger partial charge on any atom is -0.387 e. The van der Waals surface area contributed by atoms with E-state index in [9.17, 15) is 63.1 Å². The SMILES string of the molecule is COCCOC1[C@@H](O)[C@@H](COP(O)(=S)O[C@@H]2C(OCCOC)[C@H](n3cc(C)c(N)nc3=O)O[C@@H]2COP(O)(=S)O[C@@H]2C(OCCOC)[C@H](n3cc(C)c(=O)[nH]c3=O)O[C@@H]2COP(=O)(O)O[C@@H]2C(OCCOC)[C@H](n3cnc4c(=O)[nH]c(N)nc43)O[C@@H]2COP(O)(=S)O[C@@H]2C[C@H](n3cnc4c(=O)[nH]c(N)nc43)O[C@@H]2COP(O)(=S)O[C@@H]2C[C@H](n3cnc4c(N)ncnc43)O[C@@H]2C)O[C@H]1n1cc(C)c(=O)[nH]c1=O. The minimum atomic E-state index is -5.88. The van der Waals surface area contributed by atoms with E-state index >= 15 is 4.57 Å². The molecule has 6 saturated heterocycles. The highest BCUT2D eigenvalue weighted by Crippen LogP contribution is 2.58. The zero-order valence-corrected chi connectivity index (χ0v) is 83.3. The molecule has 141 heavy (non-hydrogen) atoms. The van der Waals surface area contributed by atoms with Gasteiger partial charge in [0.1, 0.15) is 109 Å². The lowest BCUT2D eigenvalue weighted by Gasteiger charge is -2.30. The van der Waals surface area contributed by atoms with E-state index in [1.165, 1.54) is 85.2 Å². The molecule has 27 atom stereocenters. The number of nitrogens with one attached hydrogen (secondary N) is 4. The average molecular weight is 2170 g/mol. The summed E-state index contributed by atoms with van der Waals surface area (Å²) in [4.78, 5) is 197. The Morgan fingerprint density at radius 2 is 0.794 bits per heavy atom. The lowest BCUT2D eigenvalue weighted by atomic mass is 10.1. The minimum absolute atomic E-state index is 0.0173. The van der Waals surface area contributed by atoms with Gasteiger partial charge in [0.05, 0.1) is 123 Å². The number of nitrogens with zero attached hydrogens (tertiary/aromatic N) is 14. The van der Waals surface area contributed by atoms with Crippen LogP contribution in [0.1, 0.15) is 73.8 Å². The molecule has 0 bridgehead atoms. The summed E-state index contributed by atoms with van der Waals surface area (Å²) >= 11 is 22.7. The monoisotopic (exact) mass is 2160 g/mol. The summed E-state index contributed by atoms with van der Waals surface area (Å²) < 4.78 is 168. The number of aryl methyl sites for hydroxylation is 3. The molecule has 0 saturated carbocycles. The summed E-state index contributed by atoms with van der Waals surface area (Å²) in [5.41, 5.74) is 18.2. The van der Waals surface area contributed by atoms with Crippen LogP contribution in [0.4, 0.5) is 23.5 Å². The van der Waals surface area contributed by atoms with Crippen molar-refractivity contribution < 1.29 is 146 Å². The van der Waals surface area contributed by atoms with Crippen LogP contribution in [0, 0.1) is 20.8 Å². The molecule has 0 spiro atoms. The number of rotatable bonds is 47. The van der Waals surface area contributed by atoms with E-state index in [0.29, 0.717) is 11.2 Å². The number of phosphoric acid groups is 1. The van der Waals surface area contributed by atoms with Crippen LogP contribution >= 0.6 is 34.7 Å². The Bertz CT molecular complexity index is 6700. The van der Waals surface area contributed by atoms with Gasteiger partial charge in [-0.25, -0.2) is 43.9 Å². The zero-order chi connectivity index (χ0) is 101. The number of H-pyrrole nitrogens is 4. The smallest absolute Gasteiger partial charge is 0.387 e. The van der Waals surface area contributed by atoms with Gasteiger partial charge in [-0.1, -0.05) is 0 Å². The van der Waals surface area contributed by atoms with Gasteiger partial charge >= 0.3 is 51.8 Å². The molecule has 60 nitrogen and oxygen atoms in total. The van der Waals surface area contributed by atoms with Gasteiger partial charge in [0, 0.05) is 76.6 Å². The van der Waals surface area contributed by atoms with E-state index in [4.69, 9.17) is 182 Å². The van der Waals surface area contributed by atoms with Crippen LogP contribution in [0.15, 0.2) is 77.5 Å². The Labute approximate surface area is 813 Å². The van der Waals surface area contributed by atoms with Gasteiger partial charge in [-0.3, -0.25) is 84.6 Å². The second-order valence-electron chi connectivity index (χ2n) is 32.4. The number of hydrogen-bond donors (Lipinski definition) is 14. The number of aliphatic hydroxyl groups is 1. The fourth-order valence-electron chi connectivity index (χ4n) is 16.1. The lowest BCUT2D eigenvalue weighted by molar-refractivity contribution is -0.0843. The number of anilines is 4. The lowest BCUT2D eigenvalue weighted by Crippen LogP contribution is -2.42. The van der Waals surface area contributed by atoms with Crippen molar-refractivity contribution in [3.8, 4) is 0 Å². The molecule has 0 radical (unpaired) electrons. The number of aromatic amines is 4. The highest BCUT2D eigenvalue weighted by molar-refractivity contribution is 8.08. The van der Waals surface area contributed by atoms with Gasteiger partial charge in [0.2, 0.25) is 11.9 Å². The Hall–Kier alpha value is -7.68. The molecule has 776 valence electrons. The Balaban J connectivity index is 0.707. The van der Waals surface area contributed by atoms with Crippen molar-refractivity contribution in [2.75, 3.05) is 137 Å². The number of aliphatic hydroxyl groups excluding tert-OH is 1. The van der Waals surface area contributed by atoms with Gasteiger partial charge in [0.15, 0.2) is 58.7 Å². The number of imidazole rings is 3. The van der Waals surface area contributed by atoms with Crippen LogP contribution in [0.2, 0.25) is 0 Å². The number of fused-ring (bicyclic) bond motifs is 3. The molecular weight excluding hydrogens is 2060 g/mol. The van der Waals surface area contributed by atoms with Crippen molar-refractivity contribution in [1.82, 2.24) is 87.2 Å². The van der Waals surface area contributed by atoms with Gasteiger partial charge in [0.25, 0.3) is 22.2 Å².